The minimum atomic E-state index is -1.72. The van der Waals surface area contributed by atoms with Crippen LogP contribution in [-0.2, 0) is 33.4 Å². The van der Waals surface area contributed by atoms with Gasteiger partial charge in [0.25, 0.3) is 12.0 Å². The number of esters is 2. The number of benzene rings is 1. The summed E-state index contributed by atoms with van der Waals surface area (Å²) in [5.41, 5.74) is -2.16. The molecule has 2 amide bonds. The van der Waals surface area contributed by atoms with E-state index in [1.807, 2.05) is 0 Å². The number of nitro benzene ring substituents is 1. The third kappa shape index (κ3) is 3.02. The molecular formula is C20H18N2O10. The van der Waals surface area contributed by atoms with Crippen molar-refractivity contribution in [2.75, 3.05) is 12.0 Å². The number of nitrogens with zero attached hydrogens (tertiary/aromatic N) is 2. The summed E-state index contributed by atoms with van der Waals surface area (Å²) in [4.78, 5) is 61.4. The van der Waals surface area contributed by atoms with E-state index in [2.05, 4.69) is 0 Å². The van der Waals surface area contributed by atoms with Crippen molar-refractivity contribution in [3.05, 3.63) is 40.5 Å². The van der Waals surface area contributed by atoms with Gasteiger partial charge < -0.3 is 18.9 Å². The number of amides is 2. The Morgan fingerprint density at radius 3 is 2.41 bits per heavy atom. The third-order valence-corrected chi connectivity index (χ3v) is 5.61. The van der Waals surface area contributed by atoms with E-state index in [1.54, 1.807) is 0 Å². The lowest BCUT2D eigenvalue weighted by Crippen LogP contribution is -2.52. The predicted octanol–water partition coefficient (Wildman–Crippen LogP) is 0.869. The van der Waals surface area contributed by atoms with Crippen LogP contribution in [0.1, 0.15) is 13.8 Å². The molecule has 0 unspecified atom stereocenters. The van der Waals surface area contributed by atoms with Crippen LogP contribution in [0.15, 0.2) is 30.4 Å². The van der Waals surface area contributed by atoms with Crippen molar-refractivity contribution in [2.24, 2.45) is 11.8 Å². The Morgan fingerprint density at radius 1 is 1.19 bits per heavy atom. The van der Waals surface area contributed by atoms with Crippen molar-refractivity contribution in [1.29, 1.82) is 0 Å². The normalized spacial score (nSPS) is 27.6. The molecule has 0 N–H and O–H groups in total. The molecule has 1 aromatic carbocycles. The molecule has 3 heterocycles. The van der Waals surface area contributed by atoms with Crippen molar-refractivity contribution >= 4 is 35.1 Å². The Hall–Kier alpha value is -3.80. The summed E-state index contributed by atoms with van der Waals surface area (Å²) in [6.45, 7) is 2.19. The third-order valence-electron chi connectivity index (χ3n) is 5.61. The van der Waals surface area contributed by atoms with E-state index in [4.69, 9.17) is 18.9 Å². The first kappa shape index (κ1) is 21.4. The molecule has 3 aliphatic heterocycles. The van der Waals surface area contributed by atoms with Crippen molar-refractivity contribution < 1.29 is 43.0 Å². The Labute approximate surface area is 180 Å². The van der Waals surface area contributed by atoms with Crippen LogP contribution in [0.3, 0.4) is 0 Å². The van der Waals surface area contributed by atoms with Crippen molar-refractivity contribution in [3.8, 4) is 5.75 Å². The highest BCUT2D eigenvalue weighted by Crippen LogP contribution is 2.55. The second kappa shape index (κ2) is 7.41. The number of fused-ring (bicyclic) bond motifs is 5. The number of methoxy groups -OCH3 is 1. The molecule has 0 spiro atoms. The predicted molar refractivity (Wildman–Crippen MR) is 103 cm³/mol. The molecule has 2 saturated heterocycles. The molecule has 168 valence electrons. The van der Waals surface area contributed by atoms with Crippen LogP contribution in [0.2, 0.25) is 0 Å². The second-order valence-electron chi connectivity index (χ2n) is 7.47. The number of rotatable bonds is 6. The van der Waals surface area contributed by atoms with Crippen LogP contribution in [0, 0.1) is 22.0 Å². The van der Waals surface area contributed by atoms with Gasteiger partial charge in [-0.2, -0.15) is 0 Å². The number of imide groups is 1. The summed E-state index contributed by atoms with van der Waals surface area (Å²) in [6.07, 6.45) is 0.507. The SMILES string of the molecule is COc1ccc([N+](=O)[O-])cc1N1C(=O)[C@@H]2[C@@H]3C=C[C@@](C(OC(C)=O)OC(C)=O)(O3)[C@H]2C1=O. The quantitative estimate of drug-likeness (QED) is 0.154. The average molecular weight is 446 g/mol. The van der Waals surface area contributed by atoms with Crippen LogP contribution >= 0.6 is 0 Å². The van der Waals surface area contributed by atoms with Crippen LogP contribution < -0.4 is 9.64 Å². The second-order valence-corrected chi connectivity index (χ2v) is 7.47. The van der Waals surface area contributed by atoms with Gasteiger partial charge in [0.15, 0.2) is 5.60 Å². The van der Waals surface area contributed by atoms with E-state index in [0.717, 1.165) is 24.8 Å². The maximum atomic E-state index is 13.5. The summed E-state index contributed by atoms with van der Waals surface area (Å²) in [5.74, 6) is -5.13. The summed E-state index contributed by atoms with van der Waals surface area (Å²) >= 11 is 0. The van der Waals surface area contributed by atoms with E-state index in [-0.39, 0.29) is 17.1 Å². The summed E-state index contributed by atoms with van der Waals surface area (Å²) < 4.78 is 21.3. The maximum Gasteiger partial charge on any atom is 0.305 e. The summed E-state index contributed by atoms with van der Waals surface area (Å²) in [6, 6.07) is 3.53. The Balaban J connectivity index is 1.79. The number of ether oxygens (including phenoxy) is 4. The molecule has 2 bridgehead atoms. The van der Waals surface area contributed by atoms with Gasteiger partial charge in [-0.3, -0.25) is 29.3 Å². The van der Waals surface area contributed by atoms with E-state index in [1.165, 1.54) is 31.4 Å². The molecule has 0 aliphatic carbocycles. The summed E-state index contributed by atoms with van der Waals surface area (Å²) in [5, 5.41) is 11.2. The van der Waals surface area contributed by atoms with E-state index in [0.29, 0.717) is 0 Å². The molecule has 32 heavy (non-hydrogen) atoms. The van der Waals surface area contributed by atoms with E-state index < -0.39 is 58.5 Å². The van der Waals surface area contributed by atoms with E-state index >= 15 is 0 Å². The largest absolute Gasteiger partial charge is 0.495 e. The Bertz CT molecular complexity index is 1070. The zero-order valence-corrected chi connectivity index (χ0v) is 17.2. The molecule has 1 aromatic rings. The fourth-order valence-electron chi connectivity index (χ4n) is 4.42. The fourth-order valence-corrected chi connectivity index (χ4v) is 4.42. The lowest BCUT2D eigenvalue weighted by molar-refractivity contribution is -0.384. The minimum Gasteiger partial charge on any atom is -0.495 e. The Morgan fingerprint density at radius 2 is 1.84 bits per heavy atom. The maximum absolute atomic E-state index is 13.5. The average Bonchev–Trinajstić information content (AvgIpc) is 3.37. The molecule has 4 atom stereocenters. The monoisotopic (exact) mass is 446 g/mol. The molecule has 12 nitrogen and oxygen atoms in total. The van der Waals surface area contributed by atoms with Gasteiger partial charge in [-0.1, -0.05) is 6.08 Å². The zero-order valence-electron chi connectivity index (χ0n) is 17.2. The number of anilines is 1. The van der Waals surface area contributed by atoms with Crippen LogP contribution in [0.4, 0.5) is 11.4 Å². The topological polar surface area (TPSA) is 152 Å². The molecule has 0 saturated carbocycles. The standard InChI is InChI=1S/C20H18N2O10/c1-9(23)30-19(31-10(2)24)20-7-6-14(32-20)15-16(20)18(26)21(17(15)25)12-8-11(22(27)28)4-5-13(12)29-3/h4-8,14-16,19H,1-3H3/t14-,15+,16+,20+/m0/s1. The number of carbonyl (C=O) groups is 4. The zero-order chi connectivity index (χ0) is 23.4. The first-order chi connectivity index (χ1) is 15.1. The highest BCUT2D eigenvalue weighted by molar-refractivity contribution is 6.24. The van der Waals surface area contributed by atoms with Gasteiger partial charge in [-0.15, -0.1) is 0 Å². The van der Waals surface area contributed by atoms with Crippen molar-refractivity contribution in [2.45, 2.75) is 31.8 Å². The van der Waals surface area contributed by atoms with Crippen LogP contribution in [0.25, 0.3) is 0 Å². The number of carbonyl (C=O) groups excluding carboxylic acids is 4. The summed E-state index contributed by atoms with van der Waals surface area (Å²) in [7, 11) is 1.30. The van der Waals surface area contributed by atoms with Gasteiger partial charge in [-0.25, -0.2) is 4.90 Å². The minimum absolute atomic E-state index is 0.0732. The molecular weight excluding hydrogens is 428 g/mol. The lowest BCUT2D eigenvalue weighted by Gasteiger charge is -2.34. The highest BCUT2D eigenvalue weighted by Gasteiger charge is 2.72. The number of non-ortho nitro benzene ring substituents is 1. The lowest BCUT2D eigenvalue weighted by atomic mass is 9.76. The molecule has 4 rings (SSSR count). The number of nitro groups is 1. The molecule has 0 radical (unpaired) electrons. The van der Waals surface area contributed by atoms with Gasteiger partial charge >= 0.3 is 11.9 Å². The number of hydrogen-bond donors (Lipinski definition) is 0. The van der Waals surface area contributed by atoms with Crippen LogP contribution in [-0.4, -0.2) is 53.8 Å². The molecule has 2 fully saturated rings. The van der Waals surface area contributed by atoms with Crippen molar-refractivity contribution in [3.63, 3.8) is 0 Å². The van der Waals surface area contributed by atoms with Gasteiger partial charge in [0.1, 0.15) is 11.4 Å². The smallest absolute Gasteiger partial charge is 0.305 e. The number of hydrogen-bond acceptors (Lipinski definition) is 10. The molecule has 3 aliphatic rings. The van der Waals surface area contributed by atoms with Gasteiger partial charge in [0.2, 0.25) is 11.8 Å². The van der Waals surface area contributed by atoms with Crippen LogP contribution in [0.5, 0.6) is 5.75 Å². The molecule has 0 aromatic heterocycles. The van der Waals surface area contributed by atoms with E-state index in [9.17, 15) is 29.3 Å². The van der Waals surface area contributed by atoms with Gasteiger partial charge in [0.05, 0.1) is 30.0 Å². The molecule has 12 heteroatoms. The Kier molecular flexibility index (Phi) is 4.96. The van der Waals surface area contributed by atoms with Gasteiger partial charge in [0, 0.05) is 26.0 Å². The van der Waals surface area contributed by atoms with Gasteiger partial charge in [-0.05, 0) is 12.1 Å². The first-order valence-electron chi connectivity index (χ1n) is 9.52. The first-order valence-corrected chi connectivity index (χ1v) is 9.52. The fraction of sp³-hybridized carbons (Fsp3) is 0.400. The highest BCUT2D eigenvalue weighted by atomic mass is 16.7. The van der Waals surface area contributed by atoms with Crippen molar-refractivity contribution in [1.82, 2.24) is 0 Å².